The van der Waals surface area contributed by atoms with Crippen LogP contribution in [0.15, 0.2) is 37.1 Å². The van der Waals surface area contributed by atoms with Crippen LogP contribution in [0, 0.1) is 5.82 Å². The molecule has 116 valence electrons. The second kappa shape index (κ2) is 7.40. The van der Waals surface area contributed by atoms with Crippen molar-refractivity contribution in [1.29, 1.82) is 0 Å². The maximum Gasteiger partial charge on any atom is 0.356 e. The predicted molar refractivity (Wildman–Crippen MR) is 79.4 cm³/mol. The largest absolute Gasteiger partial charge is 0.489 e. The highest BCUT2D eigenvalue weighted by molar-refractivity contribution is 5.88. The lowest BCUT2D eigenvalue weighted by Gasteiger charge is -2.11. The number of rotatable bonds is 7. The van der Waals surface area contributed by atoms with E-state index in [1.54, 1.807) is 25.1 Å². The number of aromatic nitrogens is 2. The number of carbonyl (C=O) groups excluding carboxylic acids is 1. The maximum absolute atomic E-state index is 14.1. The van der Waals surface area contributed by atoms with Gasteiger partial charge in [-0.15, -0.1) is 0 Å². The molecule has 22 heavy (non-hydrogen) atoms. The van der Waals surface area contributed by atoms with Crippen molar-refractivity contribution in [3.8, 4) is 5.75 Å². The summed E-state index contributed by atoms with van der Waals surface area (Å²) in [6, 6.07) is 4.59. The third-order valence-corrected chi connectivity index (χ3v) is 3.00. The van der Waals surface area contributed by atoms with Crippen LogP contribution in [0.3, 0.4) is 0 Å². The molecule has 0 atom stereocenters. The lowest BCUT2D eigenvalue weighted by molar-refractivity contribution is 0.0518. The zero-order chi connectivity index (χ0) is 15.9. The Balaban J connectivity index is 2.29. The van der Waals surface area contributed by atoms with E-state index in [-0.39, 0.29) is 25.3 Å². The molecule has 1 aromatic carbocycles. The summed E-state index contributed by atoms with van der Waals surface area (Å²) in [5.41, 5.74) is 1.13. The first kappa shape index (κ1) is 15.8. The third kappa shape index (κ3) is 3.52. The second-order valence-electron chi connectivity index (χ2n) is 4.48. The van der Waals surface area contributed by atoms with E-state index in [0.717, 1.165) is 0 Å². The van der Waals surface area contributed by atoms with Crippen molar-refractivity contribution in [2.24, 2.45) is 0 Å². The summed E-state index contributed by atoms with van der Waals surface area (Å²) >= 11 is 0. The van der Waals surface area contributed by atoms with Gasteiger partial charge in [-0.2, -0.15) is 5.10 Å². The fraction of sp³-hybridized carbons (Fsp3) is 0.250. The minimum Gasteiger partial charge on any atom is -0.489 e. The number of nitrogens with one attached hydrogen (secondary N) is 1. The van der Waals surface area contributed by atoms with Crippen molar-refractivity contribution in [1.82, 2.24) is 10.2 Å². The molecule has 0 bridgehead atoms. The Hall–Kier alpha value is -2.63. The topological polar surface area (TPSA) is 64.2 Å². The molecule has 0 aliphatic carbocycles. The molecule has 0 amide bonds. The summed E-state index contributed by atoms with van der Waals surface area (Å²) in [4.78, 5) is 11.8. The van der Waals surface area contributed by atoms with Gasteiger partial charge in [0.05, 0.1) is 12.8 Å². The highest BCUT2D eigenvalue weighted by Crippen LogP contribution is 2.25. The molecule has 5 nitrogen and oxygen atoms in total. The van der Waals surface area contributed by atoms with Gasteiger partial charge in [0.25, 0.3) is 0 Å². The van der Waals surface area contributed by atoms with Crippen molar-refractivity contribution in [3.63, 3.8) is 0 Å². The summed E-state index contributed by atoms with van der Waals surface area (Å²) in [6.07, 6.45) is 3.23. The van der Waals surface area contributed by atoms with Gasteiger partial charge < -0.3 is 9.47 Å². The standard InChI is InChI=1S/C16H17FN2O3/c1-3-8-22-14-7-5-6-13(17)12(14)9-11-10-18-19-15(11)16(20)21-4-2/h3,5-7,10H,1,4,8-9H2,2H3,(H,18,19). The van der Waals surface area contributed by atoms with Crippen molar-refractivity contribution in [3.05, 3.63) is 59.7 Å². The fourth-order valence-corrected chi connectivity index (χ4v) is 2.01. The quantitative estimate of drug-likeness (QED) is 0.631. The number of benzene rings is 1. The minimum atomic E-state index is -0.514. The first-order chi connectivity index (χ1) is 10.7. The minimum absolute atomic E-state index is 0.170. The van der Waals surface area contributed by atoms with Crippen molar-refractivity contribution in [2.45, 2.75) is 13.3 Å². The zero-order valence-corrected chi connectivity index (χ0v) is 12.3. The zero-order valence-electron chi connectivity index (χ0n) is 12.3. The molecule has 1 N–H and O–H groups in total. The number of ether oxygens (including phenoxy) is 2. The maximum atomic E-state index is 14.1. The Labute approximate surface area is 127 Å². The molecule has 1 heterocycles. The molecule has 0 saturated heterocycles. The van der Waals surface area contributed by atoms with E-state index in [2.05, 4.69) is 16.8 Å². The summed E-state index contributed by atoms with van der Waals surface area (Å²) in [5, 5.41) is 6.43. The molecular formula is C16H17FN2O3. The number of aromatic amines is 1. The Morgan fingerprint density at radius 1 is 1.50 bits per heavy atom. The van der Waals surface area contributed by atoms with Crippen LogP contribution in [0.1, 0.15) is 28.5 Å². The third-order valence-electron chi connectivity index (χ3n) is 3.00. The predicted octanol–water partition coefficient (Wildman–Crippen LogP) is 2.88. The average Bonchev–Trinajstić information content (AvgIpc) is 2.96. The van der Waals surface area contributed by atoms with Gasteiger partial charge in [0.1, 0.15) is 23.9 Å². The van der Waals surface area contributed by atoms with Gasteiger partial charge in [-0.1, -0.05) is 18.7 Å². The highest BCUT2D eigenvalue weighted by atomic mass is 19.1. The monoisotopic (exact) mass is 304 g/mol. The van der Waals surface area contributed by atoms with Gasteiger partial charge in [-0.25, -0.2) is 9.18 Å². The molecule has 0 saturated carbocycles. The van der Waals surface area contributed by atoms with Crippen LogP contribution in [-0.4, -0.2) is 29.4 Å². The summed E-state index contributed by atoms with van der Waals surface area (Å²) in [7, 11) is 0. The highest BCUT2D eigenvalue weighted by Gasteiger charge is 2.18. The SMILES string of the molecule is C=CCOc1cccc(F)c1Cc1cn[nH]c1C(=O)OCC. The number of hydrogen-bond acceptors (Lipinski definition) is 4. The van der Waals surface area contributed by atoms with Crippen molar-refractivity contribution >= 4 is 5.97 Å². The molecule has 2 rings (SSSR count). The summed E-state index contributed by atoms with van der Waals surface area (Å²) in [6.45, 7) is 5.81. The van der Waals surface area contributed by atoms with Crippen LogP contribution in [0.5, 0.6) is 5.75 Å². The normalized spacial score (nSPS) is 10.3. The van der Waals surface area contributed by atoms with Crippen LogP contribution in [-0.2, 0) is 11.2 Å². The van der Waals surface area contributed by atoms with E-state index < -0.39 is 11.8 Å². The van der Waals surface area contributed by atoms with E-state index in [1.807, 2.05) is 0 Å². The summed E-state index contributed by atoms with van der Waals surface area (Å²) < 4.78 is 24.5. The van der Waals surface area contributed by atoms with Gasteiger partial charge in [0, 0.05) is 17.5 Å². The molecule has 6 heteroatoms. The first-order valence-electron chi connectivity index (χ1n) is 6.87. The lowest BCUT2D eigenvalue weighted by Crippen LogP contribution is -2.09. The smallest absolute Gasteiger partial charge is 0.356 e. The number of halogens is 1. The second-order valence-corrected chi connectivity index (χ2v) is 4.48. The average molecular weight is 304 g/mol. The molecule has 1 aromatic heterocycles. The molecular weight excluding hydrogens is 287 g/mol. The number of nitrogens with zero attached hydrogens (tertiary/aromatic N) is 1. The van der Waals surface area contributed by atoms with Crippen LogP contribution in [0.25, 0.3) is 0 Å². The van der Waals surface area contributed by atoms with Gasteiger partial charge >= 0.3 is 5.97 Å². The van der Waals surface area contributed by atoms with Crippen LogP contribution < -0.4 is 4.74 Å². The molecule has 0 aliphatic rings. The van der Waals surface area contributed by atoms with E-state index in [0.29, 0.717) is 16.9 Å². The molecule has 0 unspecified atom stereocenters. The van der Waals surface area contributed by atoms with Gasteiger partial charge in [-0.05, 0) is 19.1 Å². The Morgan fingerprint density at radius 2 is 2.32 bits per heavy atom. The van der Waals surface area contributed by atoms with E-state index >= 15 is 0 Å². The Morgan fingerprint density at radius 3 is 3.05 bits per heavy atom. The number of esters is 1. The number of carbonyl (C=O) groups is 1. The molecule has 0 fully saturated rings. The molecule has 2 aromatic rings. The number of hydrogen-bond donors (Lipinski definition) is 1. The van der Waals surface area contributed by atoms with Crippen LogP contribution in [0.4, 0.5) is 4.39 Å². The summed E-state index contributed by atoms with van der Waals surface area (Å²) in [5.74, 6) is -0.506. The van der Waals surface area contributed by atoms with Crippen LogP contribution in [0.2, 0.25) is 0 Å². The van der Waals surface area contributed by atoms with E-state index in [9.17, 15) is 9.18 Å². The molecule has 0 spiro atoms. The Kier molecular flexibility index (Phi) is 5.30. The number of H-pyrrole nitrogens is 1. The van der Waals surface area contributed by atoms with Gasteiger partial charge in [0.2, 0.25) is 0 Å². The van der Waals surface area contributed by atoms with E-state index in [4.69, 9.17) is 9.47 Å². The molecule has 0 radical (unpaired) electrons. The van der Waals surface area contributed by atoms with E-state index in [1.165, 1.54) is 12.3 Å². The lowest BCUT2D eigenvalue weighted by atomic mass is 10.0. The van der Waals surface area contributed by atoms with Crippen LogP contribution >= 0.6 is 0 Å². The van der Waals surface area contributed by atoms with Gasteiger partial charge in [-0.3, -0.25) is 5.10 Å². The Bertz CT molecular complexity index is 667. The molecule has 0 aliphatic heterocycles. The fourth-order valence-electron chi connectivity index (χ4n) is 2.01. The van der Waals surface area contributed by atoms with Crippen molar-refractivity contribution < 1.29 is 18.7 Å². The van der Waals surface area contributed by atoms with Gasteiger partial charge in [0.15, 0.2) is 0 Å². The van der Waals surface area contributed by atoms with Crippen molar-refractivity contribution in [2.75, 3.05) is 13.2 Å². The first-order valence-corrected chi connectivity index (χ1v) is 6.87.